The average Bonchev–Trinajstić information content (AvgIpc) is 3.37. The molecule has 0 bridgehead atoms. The zero-order valence-electron chi connectivity index (χ0n) is 34.6. The number of hydrogen-bond donors (Lipinski definition) is 0. The molecule has 2 heterocycles. The molecule has 3 heteroatoms. The van der Waals surface area contributed by atoms with Gasteiger partial charge in [-0.15, -0.1) is 0 Å². The Balaban J connectivity index is 1.24. The van der Waals surface area contributed by atoms with E-state index in [-0.39, 0.29) is 6.71 Å². The highest BCUT2D eigenvalue weighted by molar-refractivity contribution is 7.00. The van der Waals surface area contributed by atoms with E-state index in [0.29, 0.717) is 0 Å². The van der Waals surface area contributed by atoms with Crippen LogP contribution in [-0.2, 0) is 0 Å². The largest absolute Gasteiger partial charge is 0.311 e. The van der Waals surface area contributed by atoms with Gasteiger partial charge >= 0.3 is 0 Å². The van der Waals surface area contributed by atoms with Crippen molar-refractivity contribution in [3.63, 3.8) is 0 Å². The van der Waals surface area contributed by atoms with Crippen LogP contribution in [0.1, 0.15) is 0 Å². The van der Waals surface area contributed by atoms with E-state index in [9.17, 15) is 0 Å². The Kier molecular flexibility index (Phi) is 8.97. The molecule has 0 atom stereocenters. The van der Waals surface area contributed by atoms with Crippen molar-refractivity contribution in [3.05, 3.63) is 249 Å². The fourth-order valence-corrected chi connectivity index (χ4v) is 9.98. The molecule has 0 saturated carbocycles. The standard InChI is InChI=1S/C60H41BN2/c1-7-19-42(20-8-1)45-31-35-51(36-32-45)63-57-38-34-49(44-23-11-3-12-24-44)40-55(57)61-54-39-48(43-21-9-2-10-22-43)33-37-56(54)62(50-29-17-6-18-30-50)59-52(46-25-13-4-14-26-46)41-53(60(63)58(59)61)47-27-15-5-16-28-47/h1-41H. The highest BCUT2D eigenvalue weighted by Gasteiger charge is 2.46. The van der Waals surface area contributed by atoms with E-state index >= 15 is 0 Å². The zero-order chi connectivity index (χ0) is 41.7. The number of benzene rings is 10. The molecule has 2 aliphatic rings. The summed E-state index contributed by atoms with van der Waals surface area (Å²) in [6.07, 6.45) is 0. The first kappa shape index (κ1) is 36.7. The molecule has 0 spiro atoms. The fourth-order valence-electron chi connectivity index (χ4n) is 9.98. The number of para-hydroxylation sites is 1. The lowest BCUT2D eigenvalue weighted by atomic mass is 9.33. The predicted octanol–water partition coefficient (Wildman–Crippen LogP) is 14.1. The van der Waals surface area contributed by atoms with Gasteiger partial charge in [-0.25, -0.2) is 0 Å². The van der Waals surface area contributed by atoms with E-state index in [0.717, 1.165) is 11.4 Å². The SMILES string of the molecule is c1ccc(-c2ccc(N3c4ccc(-c5ccccc5)cc4B4c5cc(-c6ccccc6)ccc5N(c5ccccc5)c5c(-c6ccccc6)cc(-c6ccccc6)c3c54)cc2)cc1. The average molecular weight is 801 g/mol. The van der Waals surface area contributed by atoms with Crippen LogP contribution in [0.3, 0.4) is 0 Å². The number of fused-ring (bicyclic) bond motifs is 4. The lowest BCUT2D eigenvalue weighted by Gasteiger charge is -2.46. The Morgan fingerprint density at radius 2 is 0.571 bits per heavy atom. The highest BCUT2D eigenvalue weighted by atomic mass is 15.2. The van der Waals surface area contributed by atoms with Gasteiger partial charge in [-0.05, 0) is 103 Å². The molecule has 0 fully saturated rings. The van der Waals surface area contributed by atoms with Crippen LogP contribution in [0, 0.1) is 0 Å². The Morgan fingerprint density at radius 1 is 0.254 bits per heavy atom. The van der Waals surface area contributed by atoms with E-state index in [4.69, 9.17) is 0 Å². The molecule has 12 rings (SSSR count). The lowest BCUT2D eigenvalue weighted by Crippen LogP contribution is -2.61. The zero-order valence-corrected chi connectivity index (χ0v) is 34.6. The van der Waals surface area contributed by atoms with Gasteiger partial charge in [0, 0.05) is 33.9 Å². The smallest absolute Gasteiger partial charge is 0.252 e. The van der Waals surface area contributed by atoms with Crippen LogP contribution in [0.4, 0.5) is 34.1 Å². The van der Waals surface area contributed by atoms with Gasteiger partial charge in [0.05, 0.1) is 11.4 Å². The highest BCUT2D eigenvalue weighted by Crippen LogP contribution is 2.52. The second-order valence-electron chi connectivity index (χ2n) is 16.4. The molecule has 0 radical (unpaired) electrons. The summed E-state index contributed by atoms with van der Waals surface area (Å²) in [5.74, 6) is 0. The quantitative estimate of drug-likeness (QED) is 0.148. The van der Waals surface area contributed by atoms with Crippen LogP contribution >= 0.6 is 0 Å². The van der Waals surface area contributed by atoms with Crippen molar-refractivity contribution in [3.8, 4) is 55.6 Å². The Morgan fingerprint density at radius 3 is 0.984 bits per heavy atom. The fraction of sp³-hybridized carbons (Fsp3) is 0. The van der Waals surface area contributed by atoms with Crippen LogP contribution in [-0.4, -0.2) is 6.71 Å². The van der Waals surface area contributed by atoms with E-state index < -0.39 is 0 Å². The van der Waals surface area contributed by atoms with Crippen molar-refractivity contribution in [2.75, 3.05) is 9.80 Å². The molecule has 294 valence electrons. The van der Waals surface area contributed by atoms with E-state index in [1.807, 2.05) is 0 Å². The van der Waals surface area contributed by atoms with E-state index in [1.54, 1.807) is 0 Å². The van der Waals surface area contributed by atoms with Crippen molar-refractivity contribution >= 4 is 57.2 Å². The van der Waals surface area contributed by atoms with Crippen molar-refractivity contribution in [2.24, 2.45) is 0 Å². The van der Waals surface area contributed by atoms with Gasteiger partial charge in [0.2, 0.25) is 0 Å². The van der Waals surface area contributed by atoms with Crippen LogP contribution < -0.4 is 26.2 Å². The first-order valence-electron chi connectivity index (χ1n) is 21.8. The second kappa shape index (κ2) is 15.4. The maximum atomic E-state index is 2.56. The summed E-state index contributed by atoms with van der Waals surface area (Å²) in [6, 6.07) is 91.2. The molecule has 2 nitrogen and oxygen atoms in total. The van der Waals surface area contributed by atoms with E-state index in [2.05, 4.69) is 259 Å². The number of anilines is 6. The molecule has 0 amide bonds. The number of nitrogens with zero attached hydrogens (tertiary/aromatic N) is 2. The molecule has 10 aromatic rings. The minimum Gasteiger partial charge on any atom is -0.311 e. The minimum atomic E-state index is -0.0988. The summed E-state index contributed by atoms with van der Waals surface area (Å²) >= 11 is 0. The summed E-state index contributed by atoms with van der Waals surface area (Å²) in [5.41, 5.74) is 22.8. The monoisotopic (exact) mass is 800 g/mol. The third-order valence-electron chi connectivity index (χ3n) is 12.8. The molecular weight excluding hydrogens is 759 g/mol. The summed E-state index contributed by atoms with van der Waals surface area (Å²) in [6.45, 7) is -0.0988. The summed E-state index contributed by atoms with van der Waals surface area (Å²) in [5, 5.41) is 0. The molecule has 63 heavy (non-hydrogen) atoms. The Hall–Kier alpha value is -8.14. The van der Waals surface area contributed by atoms with Crippen molar-refractivity contribution in [1.29, 1.82) is 0 Å². The maximum absolute atomic E-state index is 2.56. The van der Waals surface area contributed by atoms with Crippen LogP contribution in [0.2, 0.25) is 0 Å². The van der Waals surface area contributed by atoms with Gasteiger partial charge in [0.1, 0.15) is 0 Å². The normalized spacial score (nSPS) is 12.3. The van der Waals surface area contributed by atoms with Gasteiger partial charge in [0.15, 0.2) is 0 Å². The first-order valence-corrected chi connectivity index (χ1v) is 21.8. The third kappa shape index (κ3) is 6.28. The van der Waals surface area contributed by atoms with Gasteiger partial charge < -0.3 is 9.80 Å². The summed E-state index contributed by atoms with van der Waals surface area (Å²) < 4.78 is 0. The molecular formula is C60H41BN2. The van der Waals surface area contributed by atoms with Gasteiger partial charge in [0.25, 0.3) is 6.71 Å². The number of hydrogen-bond acceptors (Lipinski definition) is 2. The molecule has 2 aliphatic heterocycles. The molecule has 0 aliphatic carbocycles. The Bertz CT molecular complexity index is 3250. The van der Waals surface area contributed by atoms with Gasteiger partial charge in [-0.2, -0.15) is 0 Å². The lowest BCUT2D eigenvalue weighted by molar-refractivity contribution is 1.25. The van der Waals surface area contributed by atoms with Crippen molar-refractivity contribution in [1.82, 2.24) is 0 Å². The number of rotatable bonds is 7. The maximum Gasteiger partial charge on any atom is 0.252 e. The molecule has 0 aromatic heterocycles. The summed E-state index contributed by atoms with van der Waals surface area (Å²) in [7, 11) is 0. The Labute approximate surface area is 369 Å². The molecule has 0 N–H and O–H groups in total. The first-order chi connectivity index (χ1) is 31.3. The van der Waals surface area contributed by atoms with Crippen molar-refractivity contribution in [2.45, 2.75) is 0 Å². The van der Waals surface area contributed by atoms with Gasteiger partial charge in [-0.3, -0.25) is 0 Å². The van der Waals surface area contributed by atoms with Crippen LogP contribution in [0.15, 0.2) is 249 Å². The summed E-state index contributed by atoms with van der Waals surface area (Å²) in [4.78, 5) is 5.10. The van der Waals surface area contributed by atoms with Gasteiger partial charge in [-0.1, -0.05) is 206 Å². The molecule has 10 aromatic carbocycles. The molecule has 0 saturated heterocycles. The third-order valence-corrected chi connectivity index (χ3v) is 12.8. The second-order valence-corrected chi connectivity index (χ2v) is 16.4. The van der Waals surface area contributed by atoms with Crippen LogP contribution in [0.5, 0.6) is 0 Å². The molecule has 0 unspecified atom stereocenters. The van der Waals surface area contributed by atoms with E-state index in [1.165, 1.54) is 94.8 Å². The predicted molar refractivity (Wildman–Crippen MR) is 268 cm³/mol. The van der Waals surface area contributed by atoms with Crippen molar-refractivity contribution < 1.29 is 0 Å². The minimum absolute atomic E-state index is 0.0988. The van der Waals surface area contributed by atoms with Crippen LogP contribution in [0.25, 0.3) is 55.6 Å². The topological polar surface area (TPSA) is 6.48 Å².